The van der Waals surface area contributed by atoms with Gasteiger partial charge in [0.05, 0.1) is 18.0 Å². The molecule has 6 heteroatoms. The maximum absolute atomic E-state index is 10.9. The molecule has 0 atom stereocenters. The third-order valence-corrected chi connectivity index (χ3v) is 3.07. The van der Waals surface area contributed by atoms with E-state index in [4.69, 9.17) is 9.84 Å². The van der Waals surface area contributed by atoms with Crippen LogP contribution < -0.4 is 4.74 Å². The molecule has 0 aliphatic rings. The van der Waals surface area contributed by atoms with Crippen molar-refractivity contribution in [3.05, 3.63) is 69.8 Å². The van der Waals surface area contributed by atoms with E-state index >= 15 is 0 Å². The summed E-state index contributed by atoms with van der Waals surface area (Å²) in [4.78, 5) is 21.0. The molecule has 0 aromatic heterocycles. The molecule has 6 nitrogen and oxygen atoms in total. The Bertz CT molecular complexity index is 669. The number of rotatable bonds is 7. The van der Waals surface area contributed by atoms with Gasteiger partial charge in [-0.15, -0.1) is 0 Å². The van der Waals surface area contributed by atoms with Crippen molar-refractivity contribution in [2.24, 2.45) is 0 Å². The molecule has 22 heavy (non-hydrogen) atoms. The zero-order valence-corrected chi connectivity index (χ0v) is 11.8. The maximum Gasteiger partial charge on any atom is 0.306 e. The highest BCUT2D eigenvalue weighted by Crippen LogP contribution is 2.26. The van der Waals surface area contributed by atoms with Crippen LogP contribution in [0.1, 0.15) is 17.5 Å². The fraction of sp³-hybridized carbons (Fsp3) is 0.188. The van der Waals surface area contributed by atoms with E-state index in [-0.39, 0.29) is 18.7 Å². The lowest BCUT2D eigenvalue weighted by Gasteiger charge is -2.11. The van der Waals surface area contributed by atoms with Crippen LogP contribution >= 0.6 is 0 Å². The minimum absolute atomic E-state index is 0.0171. The number of carboxylic acids is 1. The van der Waals surface area contributed by atoms with Gasteiger partial charge >= 0.3 is 5.97 Å². The van der Waals surface area contributed by atoms with Gasteiger partial charge < -0.3 is 9.84 Å². The average molecular weight is 301 g/mol. The van der Waals surface area contributed by atoms with Crippen molar-refractivity contribution in [1.82, 2.24) is 0 Å². The first-order valence-corrected chi connectivity index (χ1v) is 6.72. The molecule has 0 aliphatic carbocycles. The normalized spacial score (nSPS) is 10.2. The highest BCUT2D eigenvalue weighted by Gasteiger charge is 2.12. The predicted octanol–water partition coefficient (Wildman–Crippen LogP) is 3.04. The Morgan fingerprint density at radius 3 is 2.55 bits per heavy atom. The second kappa shape index (κ2) is 7.21. The van der Waals surface area contributed by atoms with Crippen LogP contribution in [-0.2, 0) is 11.2 Å². The number of ether oxygens (including phenoxy) is 1. The van der Waals surface area contributed by atoms with Crippen LogP contribution in [0.25, 0.3) is 0 Å². The molecule has 0 bridgehead atoms. The van der Waals surface area contributed by atoms with Crippen LogP contribution in [0.5, 0.6) is 5.75 Å². The summed E-state index contributed by atoms with van der Waals surface area (Å²) in [7, 11) is 0. The van der Waals surface area contributed by atoms with Crippen LogP contribution in [-0.4, -0.2) is 22.6 Å². The summed E-state index contributed by atoms with van der Waals surface area (Å²) >= 11 is 0. The lowest BCUT2D eigenvalue weighted by atomic mass is 10.0. The summed E-state index contributed by atoms with van der Waals surface area (Å²) < 4.78 is 5.45. The molecule has 0 unspecified atom stereocenters. The number of hydrogen-bond acceptors (Lipinski definition) is 4. The first-order chi connectivity index (χ1) is 10.6. The second-order valence-corrected chi connectivity index (χ2v) is 4.70. The monoisotopic (exact) mass is 301 g/mol. The van der Waals surface area contributed by atoms with Crippen LogP contribution in [0, 0.1) is 10.1 Å². The molecular weight excluding hydrogens is 286 g/mol. The molecular formula is C16H15NO5. The Morgan fingerprint density at radius 1 is 1.18 bits per heavy atom. The van der Waals surface area contributed by atoms with Gasteiger partial charge in [0.25, 0.3) is 5.69 Å². The van der Waals surface area contributed by atoms with Gasteiger partial charge in [0, 0.05) is 24.1 Å². The minimum Gasteiger partial charge on any atom is -0.493 e. The number of carboxylic acid groups (broad SMARTS) is 1. The second-order valence-electron chi connectivity index (χ2n) is 4.70. The molecule has 114 valence electrons. The summed E-state index contributed by atoms with van der Waals surface area (Å²) in [5.41, 5.74) is 1.63. The van der Waals surface area contributed by atoms with Crippen molar-refractivity contribution in [1.29, 1.82) is 0 Å². The fourth-order valence-corrected chi connectivity index (χ4v) is 2.02. The Hall–Kier alpha value is -2.89. The quantitative estimate of drug-likeness (QED) is 0.627. The van der Waals surface area contributed by atoms with Crippen molar-refractivity contribution < 1.29 is 19.6 Å². The standard InChI is InChI=1S/C16H15NO5/c18-16(19)8-9-22-15-7-6-14(17(20)21)11-13(15)10-12-4-2-1-3-5-12/h1-7,11H,8-10H2,(H,18,19). The van der Waals surface area contributed by atoms with Crippen molar-refractivity contribution in [2.45, 2.75) is 12.8 Å². The van der Waals surface area contributed by atoms with Crippen molar-refractivity contribution in [3.8, 4) is 5.75 Å². The lowest BCUT2D eigenvalue weighted by Crippen LogP contribution is -2.06. The van der Waals surface area contributed by atoms with E-state index in [1.165, 1.54) is 18.2 Å². The van der Waals surface area contributed by atoms with Gasteiger partial charge in [0.2, 0.25) is 0 Å². The van der Waals surface area contributed by atoms with Gasteiger partial charge in [0.1, 0.15) is 5.75 Å². The zero-order valence-electron chi connectivity index (χ0n) is 11.8. The molecule has 2 rings (SSSR count). The minimum atomic E-state index is -0.952. The van der Waals surface area contributed by atoms with Crippen LogP contribution in [0.2, 0.25) is 0 Å². The van der Waals surface area contributed by atoms with E-state index in [1.807, 2.05) is 30.3 Å². The molecule has 0 heterocycles. The predicted molar refractivity (Wildman–Crippen MR) is 80.1 cm³/mol. The van der Waals surface area contributed by atoms with Crippen molar-refractivity contribution >= 4 is 11.7 Å². The van der Waals surface area contributed by atoms with Gasteiger partial charge in [-0.1, -0.05) is 30.3 Å². The van der Waals surface area contributed by atoms with E-state index in [0.29, 0.717) is 17.7 Å². The molecule has 2 aromatic carbocycles. The lowest BCUT2D eigenvalue weighted by molar-refractivity contribution is -0.384. The van der Waals surface area contributed by atoms with Crippen molar-refractivity contribution in [2.75, 3.05) is 6.61 Å². The van der Waals surface area contributed by atoms with Gasteiger partial charge in [0.15, 0.2) is 0 Å². The SMILES string of the molecule is O=C(O)CCOc1ccc([N+](=O)[O-])cc1Cc1ccccc1. The van der Waals surface area contributed by atoms with E-state index in [9.17, 15) is 14.9 Å². The Morgan fingerprint density at radius 2 is 1.91 bits per heavy atom. The molecule has 0 spiro atoms. The zero-order chi connectivity index (χ0) is 15.9. The molecule has 0 aliphatic heterocycles. The van der Waals surface area contributed by atoms with Crippen LogP contribution in [0.3, 0.4) is 0 Å². The third kappa shape index (κ3) is 4.31. The Labute approximate surface area is 127 Å². The van der Waals surface area contributed by atoms with Gasteiger partial charge in [-0.25, -0.2) is 0 Å². The molecule has 0 saturated heterocycles. The molecule has 0 amide bonds. The highest BCUT2D eigenvalue weighted by molar-refractivity contribution is 5.66. The number of hydrogen-bond donors (Lipinski definition) is 1. The first-order valence-electron chi connectivity index (χ1n) is 6.72. The molecule has 0 fully saturated rings. The smallest absolute Gasteiger partial charge is 0.306 e. The molecule has 0 radical (unpaired) electrons. The van der Waals surface area contributed by atoms with Crippen LogP contribution in [0.15, 0.2) is 48.5 Å². The van der Waals surface area contributed by atoms with E-state index in [2.05, 4.69) is 0 Å². The summed E-state index contributed by atoms with van der Waals surface area (Å²) in [6, 6.07) is 13.8. The third-order valence-electron chi connectivity index (χ3n) is 3.07. The summed E-state index contributed by atoms with van der Waals surface area (Å²) in [5, 5.41) is 19.6. The molecule has 1 N–H and O–H groups in total. The number of aliphatic carboxylic acids is 1. The highest BCUT2D eigenvalue weighted by atomic mass is 16.6. The number of non-ortho nitro benzene ring substituents is 1. The Kier molecular flexibility index (Phi) is 5.08. The number of carbonyl (C=O) groups is 1. The summed E-state index contributed by atoms with van der Waals surface area (Å²) in [5.74, 6) is -0.484. The van der Waals surface area contributed by atoms with Crippen LogP contribution in [0.4, 0.5) is 5.69 Å². The number of nitro benzene ring substituents is 1. The average Bonchev–Trinajstić information content (AvgIpc) is 2.49. The first kappa shape index (κ1) is 15.5. The van der Waals surface area contributed by atoms with Gasteiger partial charge in [-0.2, -0.15) is 0 Å². The summed E-state index contributed by atoms with van der Waals surface area (Å²) in [6.07, 6.45) is 0.354. The van der Waals surface area contributed by atoms with Crippen molar-refractivity contribution in [3.63, 3.8) is 0 Å². The van der Waals surface area contributed by atoms with E-state index in [1.54, 1.807) is 0 Å². The fourth-order valence-electron chi connectivity index (χ4n) is 2.02. The van der Waals surface area contributed by atoms with E-state index in [0.717, 1.165) is 5.56 Å². The number of nitrogens with zero attached hydrogens (tertiary/aromatic N) is 1. The largest absolute Gasteiger partial charge is 0.493 e. The maximum atomic E-state index is 10.9. The van der Waals surface area contributed by atoms with E-state index < -0.39 is 10.9 Å². The Balaban J connectivity index is 2.23. The van der Waals surface area contributed by atoms with Gasteiger partial charge in [-0.3, -0.25) is 14.9 Å². The van der Waals surface area contributed by atoms with Gasteiger partial charge in [-0.05, 0) is 11.6 Å². The number of nitro groups is 1. The summed E-state index contributed by atoms with van der Waals surface area (Å²) in [6.45, 7) is 0.0228. The molecule has 2 aromatic rings. The molecule has 0 saturated carbocycles. The topological polar surface area (TPSA) is 89.7 Å². The number of benzene rings is 2.